The lowest BCUT2D eigenvalue weighted by Crippen LogP contribution is -3.29. The number of benzene rings is 1. The molecule has 18 heavy (non-hydrogen) atoms. The SMILES string of the molecule is CC[C@H](C)[NH+]1CC[NH+](Cc2ccc(Cl)cc2)CC1. The van der Waals surface area contributed by atoms with Gasteiger partial charge in [-0.15, -0.1) is 0 Å². The number of hydrogen-bond acceptors (Lipinski definition) is 0. The van der Waals surface area contributed by atoms with Crippen molar-refractivity contribution >= 4 is 11.6 Å². The van der Waals surface area contributed by atoms with Gasteiger partial charge in [0.2, 0.25) is 0 Å². The molecule has 0 radical (unpaired) electrons. The van der Waals surface area contributed by atoms with Gasteiger partial charge in [0.1, 0.15) is 32.7 Å². The predicted octanol–water partition coefficient (Wildman–Crippen LogP) is 0.422. The van der Waals surface area contributed by atoms with Gasteiger partial charge in [0, 0.05) is 10.6 Å². The Morgan fingerprint density at radius 2 is 1.72 bits per heavy atom. The molecular weight excluding hydrogens is 244 g/mol. The summed E-state index contributed by atoms with van der Waals surface area (Å²) in [7, 11) is 0. The molecule has 1 fully saturated rings. The van der Waals surface area contributed by atoms with Crippen molar-refractivity contribution in [2.24, 2.45) is 0 Å². The number of quaternary nitrogens is 2. The summed E-state index contributed by atoms with van der Waals surface area (Å²) in [6.07, 6.45) is 1.29. The lowest BCUT2D eigenvalue weighted by molar-refractivity contribution is -1.03. The van der Waals surface area contributed by atoms with Crippen molar-refractivity contribution < 1.29 is 9.80 Å². The van der Waals surface area contributed by atoms with Crippen LogP contribution < -0.4 is 9.80 Å². The fourth-order valence-electron chi connectivity index (χ4n) is 2.77. The second-order valence-electron chi connectivity index (χ2n) is 5.52. The summed E-state index contributed by atoms with van der Waals surface area (Å²) in [6, 6.07) is 9.13. The summed E-state index contributed by atoms with van der Waals surface area (Å²) < 4.78 is 0. The van der Waals surface area contributed by atoms with Crippen LogP contribution in [0.25, 0.3) is 0 Å². The van der Waals surface area contributed by atoms with Crippen molar-refractivity contribution in [3.8, 4) is 0 Å². The summed E-state index contributed by atoms with van der Waals surface area (Å²) in [5.74, 6) is 0. The highest BCUT2D eigenvalue weighted by Crippen LogP contribution is 2.08. The summed E-state index contributed by atoms with van der Waals surface area (Å²) >= 11 is 5.91. The van der Waals surface area contributed by atoms with Gasteiger partial charge in [-0.1, -0.05) is 30.7 Å². The van der Waals surface area contributed by atoms with E-state index in [9.17, 15) is 0 Å². The molecule has 1 saturated heterocycles. The zero-order chi connectivity index (χ0) is 13.0. The molecule has 0 aliphatic carbocycles. The number of halogens is 1. The quantitative estimate of drug-likeness (QED) is 0.784. The zero-order valence-corrected chi connectivity index (χ0v) is 12.3. The average molecular weight is 269 g/mol. The minimum absolute atomic E-state index is 0.821. The van der Waals surface area contributed by atoms with E-state index in [1.165, 1.54) is 38.2 Å². The van der Waals surface area contributed by atoms with Crippen molar-refractivity contribution in [3.05, 3.63) is 34.9 Å². The fourth-order valence-corrected chi connectivity index (χ4v) is 2.90. The van der Waals surface area contributed by atoms with Gasteiger partial charge in [-0.2, -0.15) is 0 Å². The summed E-state index contributed by atoms with van der Waals surface area (Å²) in [6.45, 7) is 11.0. The van der Waals surface area contributed by atoms with E-state index in [1.54, 1.807) is 9.80 Å². The highest BCUT2D eigenvalue weighted by Gasteiger charge is 2.25. The Balaban J connectivity index is 1.81. The molecule has 100 valence electrons. The fraction of sp³-hybridized carbons (Fsp3) is 0.600. The third-order valence-electron chi connectivity index (χ3n) is 4.28. The molecular formula is C15H25ClN2+2. The lowest BCUT2D eigenvalue weighted by atomic mass is 10.1. The van der Waals surface area contributed by atoms with E-state index in [0.29, 0.717) is 0 Å². The Morgan fingerprint density at radius 1 is 1.11 bits per heavy atom. The molecule has 1 aromatic rings. The Morgan fingerprint density at radius 3 is 2.28 bits per heavy atom. The molecule has 1 atom stereocenters. The first-order valence-corrected chi connectivity index (χ1v) is 7.49. The van der Waals surface area contributed by atoms with Crippen molar-refractivity contribution in [3.63, 3.8) is 0 Å². The van der Waals surface area contributed by atoms with E-state index in [4.69, 9.17) is 11.6 Å². The minimum atomic E-state index is 0.821. The normalized spacial score (nSPS) is 25.9. The van der Waals surface area contributed by atoms with Crippen LogP contribution in [0.15, 0.2) is 24.3 Å². The molecule has 3 heteroatoms. The van der Waals surface area contributed by atoms with Crippen molar-refractivity contribution in [2.45, 2.75) is 32.9 Å². The first-order valence-electron chi connectivity index (χ1n) is 7.11. The van der Waals surface area contributed by atoms with Crippen LogP contribution in [0.1, 0.15) is 25.8 Å². The molecule has 2 nitrogen and oxygen atoms in total. The third-order valence-corrected chi connectivity index (χ3v) is 4.53. The molecule has 0 aromatic heterocycles. The van der Waals surface area contributed by atoms with Crippen LogP contribution in [0.2, 0.25) is 5.02 Å². The smallest absolute Gasteiger partial charge is 0.127 e. The van der Waals surface area contributed by atoms with Crippen LogP contribution in [0.5, 0.6) is 0 Å². The molecule has 1 heterocycles. The number of rotatable bonds is 4. The van der Waals surface area contributed by atoms with Crippen LogP contribution in [0.3, 0.4) is 0 Å². The van der Waals surface area contributed by atoms with Gasteiger partial charge in [0.25, 0.3) is 0 Å². The maximum Gasteiger partial charge on any atom is 0.127 e. The number of piperazine rings is 1. The Hall–Kier alpha value is -0.570. The van der Waals surface area contributed by atoms with Crippen molar-refractivity contribution in [1.82, 2.24) is 0 Å². The van der Waals surface area contributed by atoms with Crippen molar-refractivity contribution in [1.29, 1.82) is 0 Å². The van der Waals surface area contributed by atoms with Crippen LogP contribution >= 0.6 is 11.6 Å². The molecule has 2 N–H and O–H groups in total. The molecule has 0 spiro atoms. The first kappa shape index (κ1) is 13.9. The average Bonchev–Trinajstić information content (AvgIpc) is 2.41. The van der Waals surface area contributed by atoms with E-state index in [1.807, 2.05) is 12.1 Å². The molecule has 0 unspecified atom stereocenters. The topological polar surface area (TPSA) is 8.88 Å². The molecule has 0 amide bonds. The van der Waals surface area contributed by atoms with Gasteiger partial charge in [0.15, 0.2) is 0 Å². The monoisotopic (exact) mass is 268 g/mol. The van der Waals surface area contributed by atoms with Gasteiger partial charge >= 0.3 is 0 Å². The summed E-state index contributed by atoms with van der Waals surface area (Å²) in [4.78, 5) is 3.50. The van der Waals surface area contributed by atoms with Gasteiger partial charge in [-0.3, -0.25) is 0 Å². The molecule has 0 saturated carbocycles. The van der Waals surface area contributed by atoms with E-state index in [0.717, 1.165) is 17.6 Å². The minimum Gasteiger partial charge on any atom is -0.323 e. The molecule has 1 aliphatic rings. The van der Waals surface area contributed by atoms with Crippen LogP contribution in [0.4, 0.5) is 0 Å². The van der Waals surface area contributed by atoms with Gasteiger partial charge in [-0.05, 0) is 25.5 Å². The Labute approximate surface area is 116 Å². The van der Waals surface area contributed by atoms with E-state index in [2.05, 4.69) is 26.0 Å². The van der Waals surface area contributed by atoms with E-state index >= 15 is 0 Å². The second kappa shape index (κ2) is 6.55. The first-order chi connectivity index (χ1) is 8.69. The number of nitrogens with one attached hydrogen (secondary N) is 2. The third kappa shape index (κ3) is 3.71. The van der Waals surface area contributed by atoms with Gasteiger partial charge in [-0.25, -0.2) is 0 Å². The van der Waals surface area contributed by atoms with E-state index < -0.39 is 0 Å². The molecule has 1 aromatic carbocycles. The highest BCUT2D eigenvalue weighted by atomic mass is 35.5. The van der Waals surface area contributed by atoms with E-state index in [-0.39, 0.29) is 0 Å². The zero-order valence-electron chi connectivity index (χ0n) is 11.5. The summed E-state index contributed by atoms with van der Waals surface area (Å²) in [5.41, 5.74) is 1.40. The van der Waals surface area contributed by atoms with Crippen molar-refractivity contribution in [2.75, 3.05) is 26.2 Å². The Kier molecular flexibility index (Phi) is 5.04. The second-order valence-corrected chi connectivity index (χ2v) is 5.96. The standard InChI is InChI=1S/C15H23ClN2/c1-3-13(2)18-10-8-17(9-11-18)12-14-4-6-15(16)7-5-14/h4-7,13H,3,8-12H2,1-2H3/p+2/t13-/m0/s1. The molecule has 1 aliphatic heterocycles. The maximum atomic E-state index is 5.91. The van der Waals surface area contributed by atoms with Crippen LogP contribution in [-0.2, 0) is 6.54 Å². The largest absolute Gasteiger partial charge is 0.323 e. The number of hydrogen-bond donors (Lipinski definition) is 2. The molecule has 2 rings (SSSR count). The summed E-state index contributed by atoms with van der Waals surface area (Å²) in [5, 5.41) is 0.833. The van der Waals surface area contributed by atoms with Gasteiger partial charge in [0.05, 0.1) is 6.04 Å². The lowest BCUT2D eigenvalue weighted by Gasteiger charge is -2.33. The highest BCUT2D eigenvalue weighted by molar-refractivity contribution is 6.30. The Bertz CT molecular complexity index is 355. The maximum absolute atomic E-state index is 5.91. The van der Waals surface area contributed by atoms with Crippen LogP contribution in [-0.4, -0.2) is 32.2 Å². The van der Waals surface area contributed by atoms with Gasteiger partial charge < -0.3 is 9.80 Å². The predicted molar refractivity (Wildman–Crippen MR) is 76.3 cm³/mol. The molecule has 0 bridgehead atoms. The van der Waals surface area contributed by atoms with Crippen LogP contribution in [0, 0.1) is 0 Å².